The third-order valence-corrected chi connectivity index (χ3v) is 2.31. The number of pyridine rings is 1. The minimum absolute atomic E-state index is 0.00380. The molecule has 1 saturated carbocycles. The highest BCUT2D eigenvalue weighted by molar-refractivity contribution is 5.46. The van der Waals surface area contributed by atoms with Gasteiger partial charge in [-0.05, 0) is 18.8 Å². The Balaban J connectivity index is 2.21. The van der Waals surface area contributed by atoms with Crippen LogP contribution in [-0.2, 0) is 0 Å². The van der Waals surface area contributed by atoms with Crippen LogP contribution in [0.15, 0.2) is 12.3 Å². The largest absolute Gasteiger partial charge is 0.473 e. The van der Waals surface area contributed by atoms with Gasteiger partial charge in [0.1, 0.15) is 6.07 Å². The molecule has 82 valence electrons. The molecule has 0 unspecified atom stereocenters. The Morgan fingerprint density at radius 1 is 1.69 bits per heavy atom. The summed E-state index contributed by atoms with van der Waals surface area (Å²) in [5.74, 6) is 0.493. The maximum Gasteiger partial charge on any atom is 0.332 e. The molecule has 0 N–H and O–H groups in total. The molecular formula is C10H9N3O3. The van der Waals surface area contributed by atoms with Gasteiger partial charge in [-0.25, -0.2) is 4.98 Å². The first-order valence-electron chi connectivity index (χ1n) is 4.88. The Bertz CT molecular complexity index is 463. The number of aromatic nitrogens is 1. The van der Waals surface area contributed by atoms with E-state index in [9.17, 15) is 10.1 Å². The minimum atomic E-state index is -0.587. The highest BCUT2D eigenvalue weighted by Crippen LogP contribution is 2.31. The fourth-order valence-electron chi connectivity index (χ4n) is 1.23. The van der Waals surface area contributed by atoms with E-state index in [1.54, 1.807) is 6.07 Å². The predicted octanol–water partition coefficient (Wildman–Crippen LogP) is 1.65. The van der Waals surface area contributed by atoms with Crippen molar-refractivity contribution in [3.05, 3.63) is 27.9 Å². The van der Waals surface area contributed by atoms with Crippen LogP contribution < -0.4 is 4.74 Å². The van der Waals surface area contributed by atoms with Gasteiger partial charge in [-0.15, -0.1) is 0 Å². The molecular weight excluding hydrogens is 210 g/mol. The molecule has 0 aromatic carbocycles. The smallest absolute Gasteiger partial charge is 0.332 e. The number of rotatable bonds is 4. The van der Waals surface area contributed by atoms with Crippen LogP contribution in [0.3, 0.4) is 0 Å². The van der Waals surface area contributed by atoms with Crippen LogP contribution in [0, 0.1) is 27.4 Å². The van der Waals surface area contributed by atoms with Gasteiger partial charge in [-0.3, -0.25) is 10.1 Å². The lowest BCUT2D eigenvalue weighted by atomic mass is 10.3. The molecule has 0 radical (unpaired) electrons. The lowest BCUT2D eigenvalue weighted by molar-refractivity contribution is -0.386. The molecule has 6 nitrogen and oxygen atoms in total. The first-order valence-corrected chi connectivity index (χ1v) is 4.88. The maximum absolute atomic E-state index is 10.7. The maximum atomic E-state index is 10.7. The van der Waals surface area contributed by atoms with Gasteiger partial charge in [0.2, 0.25) is 0 Å². The molecule has 1 aromatic heterocycles. The summed E-state index contributed by atoms with van der Waals surface area (Å²) in [7, 11) is 0. The normalized spacial score (nSPS) is 14.2. The Kier molecular flexibility index (Phi) is 2.68. The third kappa shape index (κ3) is 2.25. The first-order chi connectivity index (χ1) is 7.70. The van der Waals surface area contributed by atoms with Gasteiger partial charge in [0.05, 0.1) is 17.1 Å². The molecule has 1 fully saturated rings. The van der Waals surface area contributed by atoms with Crippen molar-refractivity contribution in [2.24, 2.45) is 5.92 Å². The number of hydrogen-bond acceptors (Lipinski definition) is 5. The van der Waals surface area contributed by atoms with Gasteiger partial charge >= 0.3 is 5.69 Å². The molecule has 1 aliphatic carbocycles. The average molecular weight is 219 g/mol. The van der Waals surface area contributed by atoms with E-state index < -0.39 is 4.92 Å². The molecule has 16 heavy (non-hydrogen) atoms. The van der Waals surface area contributed by atoms with E-state index in [1.807, 2.05) is 0 Å². The van der Waals surface area contributed by atoms with Crippen molar-refractivity contribution in [2.45, 2.75) is 12.8 Å². The van der Waals surface area contributed by atoms with Gasteiger partial charge < -0.3 is 4.74 Å². The lowest BCUT2D eigenvalue weighted by Gasteiger charge is -2.04. The summed E-state index contributed by atoms with van der Waals surface area (Å²) in [6.45, 7) is 0.458. The van der Waals surface area contributed by atoms with Gasteiger partial charge in [0.25, 0.3) is 5.88 Å². The third-order valence-electron chi connectivity index (χ3n) is 2.31. The summed E-state index contributed by atoms with van der Waals surface area (Å²) in [5.41, 5.74) is -0.0924. The van der Waals surface area contributed by atoms with Gasteiger partial charge in [0, 0.05) is 12.3 Å². The van der Waals surface area contributed by atoms with Crippen molar-refractivity contribution < 1.29 is 9.66 Å². The van der Waals surface area contributed by atoms with Crippen molar-refractivity contribution in [3.63, 3.8) is 0 Å². The Labute approximate surface area is 91.6 Å². The van der Waals surface area contributed by atoms with Crippen LogP contribution in [0.4, 0.5) is 5.69 Å². The standard InChI is InChI=1S/C10H9N3O3/c11-4-8-3-9(13(14)15)10(12-5-8)16-6-7-1-2-7/h3,5,7H,1-2,6H2. The van der Waals surface area contributed by atoms with E-state index in [0.717, 1.165) is 12.8 Å². The zero-order chi connectivity index (χ0) is 11.5. The van der Waals surface area contributed by atoms with Gasteiger partial charge in [0.15, 0.2) is 0 Å². The van der Waals surface area contributed by atoms with E-state index in [0.29, 0.717) is 12.5 Å². The average Bonchev–Trinajstić information content (AvgIpc) is 3.09. The molecule has 1 heterocycles. The zero-order valence-electron chi connectivity index (χ0n) is 8.42. The summed E-state index contributed by atoms with van der Waals surface area (Å²) >= 11 is 0. The number of nitro groups is 1. The van der Waals surface area contributed by atoms with Crippen molar-refractivity contribution in [1.29, 1.82) is 5.26 Å². The van der Waals surface area contributed by atoms with E-state index in [-0.39, 0.29) is 17.1 Å². The summed E-state index contributed by atoms with van der Waals surface area (Å²) in [5, 5.41) is 19.3. The fourth-order valence-corrected chi connectivity index (χ4v) is 1.23. The van der Waals surface area contributed by atoms with Crippen LogP contribution in [0.2, 0.25) is 0 Å². The monoisotopic (exact) mass is 219 g/mol. The molecule has 6 heteroatoms. The SMILES string of the molecule is N#Cc1cnc(OCC2CC2)c([N+](=O)[O-])c1. The minimum Gasteiger partial charge on any atom is -0.473 e. The Morgan fingerprint density at radius 3 is 3.00 bits per heavy atom. The second kappa shape index (κ2) is 4.14. The molecule has 0 aliphatic heterocycles. The molecule has 0 spiro atoms. The second-order valence-electron chi connectivity index (χ2n) is 3.67. The molecule has 0 bridgehead atoms. The molecule has 0 atom stereocenters. The number of hydrogen-bond donors (Lipinski definition) is 0. The van der Waals surface area contributed by atoms with Crippen LogP contribution in [0.25, 0.3) is 0 Å². The van der Waals surface area contributed by atoms with Crippen molar-refractivity contribution in [1.82, 2.24) is 4.98 Å². The van der Waals surface area contributed by atoms with Gasteiger partial charge in [-0.1, -0.05) is 0 Å². The Hall–Kier alpha value is -2.16. The number of ether oxygens (including phenoxy) is 1. The molecule has 0 saturated heterocycles. The van der Waals surface area contributed by atoms with Crippen molar-refractivity contribution in [2.75, 3.05) is 6.61 Å². The Morgan fingerprint density at radius 2 is 2.44 bits per heavy atom. The number of nitrogens with zero attached hydrogens (tertiary/aromatic N) is 3. The summed E-state index contributed by atoms with van der Waals surface area (Å²) < 4.78 is 5.26. The van der Waals surface area contributed by atoms with Gasteiger partial charge in [-0.2, -0.15) is 5.26 Å². The van der Waals surface area contributed by atoms with E-state index in [1.165, 1.54) is 12.3 Å². The molecule has 1 aliphatic rings. The van der Waals surface area contributed by atoms with E-state index >= 15 is 0 Å². The van der Waals surface area contributed by atoms with Crippen molar-refractivity contribution in [3.8, 4) is 11.9 Å². The highest BCUT2D eigenvalue weighted by atomic mass is 16.6. The highest BCUT2D eigenvalue weighted by Gasteiger charge is 2.25. The first kappa shape index (κ1) is 10.4. The molecule has 0 amide bonds. The topological polar surface area (TPSA) is 89.0 Å². The van der Waals surface area contributed by atoms with Crippen LogP contribution >= 0.6 is 0 Å². The number of nitriles is 1. The summed E-state index contributed by atoms with van der Waals surface area (Å²) in [4.78, 5) is 13.9. The van der Waals surface area contributed by atoms with E-state index in [2.05, 4.69) is 4.98 Å². The van der Waals surface area contributed by atoms with Crippen molar-refractivity contribution >= 4 is 5.69 Å². The molecule has 1 aromatic rings. The van der Waals surface area contributed by atoms with E-state index in [4.69, 9.17) is 10.00 Å². The van der Waals surface area contributed by atoms with Crippen LogP contribution in [-0.4, -0.2) is 16.5 Å². The quantitative estimate of drug-likeness (QED) is 0.567. The predicted molar refractivity (Wildman–Crippen MR) is 53.8 cm³/mol. The van der Waals surface area contributed by atoms with Crippen LogP contribution in [0.5, 0.6) is 5.88 Å². The zero-order valence-corrected chi connectivity index (χ0v) is 8.42. The van der Waals surface area contributed by atoms with Crippen LogP contribution in [0.1, 0.15) is 18.4 Å². The summed E-state index contributed by atoms with van der Waals surface area (Å²) in [6, 6.07) is 2.98. The summed E-state index contributed by atoms with van der Waals surface area (Å²) in [6.07, 6.45) is 3.48. The fraction of sp³-hybridized carbons (Fsp3) is 0.400. The lowest BCUT2D eigenvalue weighted by Crippen LogP contribution is -2.04. The molecule has 2 rings (SSSR count). The second-order valence-corrected chi connectivity index (χ2v) is 3.67.